The second-order valence-electron chi connectivity index (χ2n) is 3.57. The van der Waals surface area contributed by atoms with Crippen LogP contribution >= 0.6 is 11.3 Å². The number of thiophene rings is 1. The molecule has 0 unspecified atom stereocenters. The average Bonchev–Trinajstić information content (AvgIpc) is 2.71. The van der Waals surface area contributed by atoms with Crippen molar-refractivity contribution < 1.29 is 9.90 Å². The standard InChI is InChI=1S/C11H13NO2S/c13-11(14)4-5-12-7-9-6-8-2-1-3-10(8)15-9/h4-6,12H,1-3,7H2,(H,13,14)/b5-4+. The molecule has 80 valence electrons. The number of carboxylic acid groups (broad SMARTS) is 1. The minimum Gasteiger partial charge on any atom is -0.478 e. The van der Waals surface area contributed by atoms with Crippen molar-refractivity contribution in [2.75, 3.05) is 0 Å². The first-order chi connectivity index (χ1) is 7.25. The Kier molecular flexibility index (Phi) is 3.06. The largest absolute Gasteiger partial charge is 0.478 e. The number of aryl methyl sites for hydroxylation is 2. The molecule has 1 aromatic heterocycles. The second-order valence-corrected chi connectivity index (χ2v) is 4.79. The number of nitrogens with one attached hydrogen (secondary N) is 1. The highest BCUT2D eigenvalue weighted by atomic mass is 32.1. The lowest BCUT2D eigenvalue weighted by molar-refractivity contribution is -0.131. The van der Waals surface area contributed by atoms with Gasteiger partial charge in [0, 0.05) is 28.6 Å². The number of hydrogen-bond donors (Lipinski definition) is 2. The fourth-order valence-corrected chi connectivity index (χ4v) is 2.98. The summed E-state index contributed by atoms with van der Waals surface area (Å²) in [5, 5.41) is 11.4. The zero-order valence-electron chi connectivity index (χ0n) is 8.32. The summed E-state index contributed by atoms with van der Waals surface area (Å²) in [5.74, 6) is -0.920. The van der Waals surface area contributed by atoms with E-state index in [-0.39, 0.29) is 0 Å². The number of aliphatic carboxylic acids is 1. The zero-order valence-corrected chi connectivity index (χ0v) is 9.14. The van der Waals surface area contributed by atoms with Gasteiger partial charge < -0.3 is 10.4 Å². The Morgan fingerprint density at radius 1 is 1.60 bits per heavy atom. The quantitative estimate of drug-likeness (QED) is 0.767. The van der Waals surface area contributed by atoms with E-state index in [9.17, 15) is 4.79 Å². The first-order valence-corrected chi connectivity index (χ1v) is 5.80. The smallest absolute Gasteiger partial charge is 0.329 e. The van der Waals surface area contributed by atoms with Gasteiger partial charge in [0.15, 0.2) is 0 Å². The molecule has 0 aliphatic heterocycles. The van der Waals surface area contributed by atoms with E-state index < -0.39 is 5.97 Å². The first-order valence-electron chi connectivity index (χ1n) is 4.99. The Balaban J connectivity index is 1.86. The predicted octanol–water partition coefficient (Wildman–Crippen LogP) is 1.92. The van der Waals surface area contributed by atoms with Crippen LogP contribution in [0.2, 0.25) is 0 Å². The van der Waals surface area contributed by atoms with E-state index in [4.69, 9.17) is 5.11 Å². The van der Waals surface area contributed by atoms with Crippen LogP contribution in [0, 0.1) is 0 Å². The van der Waals surface area contributed by atoms with Crippen molar-refractivity contribution in [3.05, 3.63) is 33.7 Å². The average molecular weight is 223 g/mol. The minimum atomic E-state index is -0.920. The van der Waals surface area contributed by atoms with Gasteiger partial charge in [-0.3, -0.25) is 0 Å². The van der Waals surface area contributed by atoms with Gasteiger partial charge in [-0.1, -0.05) is 0 Å². The Bertz CT molecular complexity index is 374. The molecule has 1 aliphatic carbocycles. The van der Waals surface area contributed by atoms with Gasteiger partial charge in [-0.05, 0) is 30.9 Å². The van der Waals surface area contributed by atoms with Crippen LogP contribution in [-0.2, 0) is 24.2 Å². The van der Waals surface area contributed by atoms with Gasteiger partial charge in [0.05, 0.1) is 0 Å². The van der Waals surface area contributed by atoms with Crippen molar-refractivity contribution in [1.29, 1.82) is 0 Å². The fourth-order valence-electron chi connectivity index (χ4n) is 1.77. The summed E-state index contributed by atoms with van der Waals surface area (Å²) < 4.78 is 0. The van der Waals surface area contributed by atoms with Crippen LogP contribution in [0.3, 0.4) is 0 Å². The van der Waals surface area contributed by atoms with E-state index in [0.29, 0.717) is 0 Å². The maximum Gasteiger partial charge on any atom is 0.329 e. The summed E-state index contributed by atoms with van der Waals surface area (Å²) >= 11 is 1.84. The molecule has 1 aromatic rings. The molecule has 0 saturated carbocycles. The van der Waals surface area contributed by atoms with Crippen LogP contribution in [0.15, 0.2) is 18.3 Å². The Hall–Kier alpha value is -1.29. The lowest BCUT2D eigenvalue weighted by atomic mass is 10.2. The number of hydrogen-bond acceptors (Lipinski definition) is 3. The summed E-state index contributed by atoms with van der Waals surface area (Å²) in [6.07, 6.45) is 6.30. The zero-order chi connectivity index (χ0) is 10.7. The van der Waals surface area contributed by atoms with E-state index in [1.807, 2.05) is 11.3 Å². The third-order valence-electron chi connectivity index (χ3n) is 2.42. The normalized spacial score (nSPS) is 14.4. The van der Waals surface area contributed by atoms with E-state index in [1.54, 1.807) is 0 Å². The number of carbonyl (C=O) groups is 1. The van der Waals surface area contributed by atoms with Crippen LogP contribution in [0.4, 0.5) is 0 Å². The molecule has 0 radical (unpaired) electrons. The van der Waals surface area contributed by atoms with Gasteiger partial charge in [0.2, 0.25) is 0 Å². The molecule has 0 spiro atoms. The van der Waals surface area contributed by atoms with E-state index in [2.05, 4.69) is 11.4 Å². The summed E-state index contributed by atoms with van der Waals surface area (Å²) in [6.45, 7) is 0.724. The van der Waals surface area contributed by atoms with Gasteiger partial charge in [-0.25, -0.2) is 4.79 Å². The Morgan fingerprint density at radius 2 is 2.47 bits per heavy atom. The highest BCUT2D eigenvalue weighted by Gasteiger charge is 2.13. The Morgan fingerprint density at radius 3 is 3.20 bits per heavy atom. The second kappa shape index (κ2) is 4.49. The third-order valence-corrected chi connectivity index (χ3v) is 3.65. The molecule has 0 aromatic carbocycles. The molecule has 15 heavy (non-hydrogen) atoms. The molecular formula is C11H13NO2S. The fraction of sp³-hybridized carbons (Fsp3) is 0.364. The number of fused-ring (bicyclic) bond motifs is 1. The number of carboxylic acids is 1. The minimum absolute atomic E-state index is 0.724. The van der Waals surface area contributed by atoms with Gasteiger partial charge >= 0.3 is 5.97 Å². The first kappa shape index (κ1) is 10.2. The molecule has 0 bridgehead atoms. The maximum atomic E-state index is 10.2. The highest BCUT2D eigenvalue weighted by Crippen LogP contribution is 2.30. The van der Waals surface area contributed by atoms with Crippen LogP contribution in [0.1, 0.15) is 21.7 Å². The van der Waals surface area contributed by atoms with Crippen LogP contribution < -0.4 is 5.32 Å². The Labute approximate surface area is 92.4 Å². The van der Waals surface area contributed by atoms with Crippen molar-refractivity contribution >= 4 is 17.3 Å². The summed E-state index contributed by atoms with van der Waals surface area (Å²) in [6, 6.07) is 2.23. The molecule has 1 heterocycles. The summed E-state index contributed by atoms with van der Waals surface area (Å²) in [5.41, 5.74) is 1.49. The topological polar surface area (TPSA) is 49.3 Å². The van der Waals surface area contributed by atoms with Gasteiger partial charge in [-0.15, -0.1) is 11.3 Å². The predicted molar refractivity (Wildman–Crippen MR) is 60.0 cm³/mol. The molecular weight excluding hydrogens is 210 g/mol. The van der Waals surface area contributed by atoms with Crippen molar-refractivity contribution in [2.24, 2.45) is 0 Å². The molecule has 2 N–H and O–H groups in total. The maximum absolute atomic E-state index is 10.2. The molecule has 1 aliphatic rings. The van der Waals surface area contributed by atoms with Crippen molar-refractivity contribution in [3.63, 3.8) is 0 Å². The van der Waals surface area contributed by atoms with Gasteiger partial charge in [-0.2, -0.15) is 0 Å². The molecule has 4 heteroatoms. The summed E-state index contributed by atoms with van der Waals surface area (Å²) in [4.78, 5) is 13.0. The lowest BCUT2D eigenvalue weighted by Crippen LogP contribution is -2.04. The molecule has 0 saturated heterocycles. The van der Waals surface area contributed by atoms with Crippen molar-refractivity contribution in [3.8, 4) is 0 Å². The number of rotatable bonds is 4. The molecule has 3 nitrogen and oxygen atoms in total. The van der Waals surface area contributed by atoms with E-state index in [0.717, 1.165) is 12.6 Å². The highest BCUT2D eigenvalue weighted by molar-refractivity contribution is 7.12. The van der Waals surface area contributed by atoms with Crippen molar-refractivity contribution in [2.45, 2.75) is 25.8 Å². The molecule has 2 rings (SSSR count). The lowest BCUT2D eigenvalue weighted by Gasteiger charge is -1.96. The van der Waals surface area contributed by atoms with Gasteiger partial charge in [0.25, 0.3) is 0 Å². The van der Waals surface area contributed by atoms with E-state index in [1.165, 1.54) is 40.8 Å². The van der Waals surface area contributed by atoms with Crippen LogP contribution in [-0.4, -0.2) is 11.1 Å². The van der Waals surface area contributed by atoms with E-state index >= 15 is 0 Å². The third kappa shape index (κ3) is 2.59. The molecule has 0 fully saturated rings. The van der Waals surface area contributed by atoms with Crippen molar-refractivity contribution in [1.82, 2.24) is 5.32 Å². The molecule has 0 amide bonds. The van der Waals surface area contributed by atoms with Crippen LogP contribution in [0.25, 0.3) is 0 Å². The SMILES string of the molecule is O=C(O)/C=C/NCc1cc2c(s1)CCC2. The molecule has 0 atom stereocenters. The monoisotopic (exact) mass is 223 g/mol. The summed E-state index contributed by atoms with van der Waals surface area (Å²) in [7, 11) is 0. The van der Waals surface area contributed by atoms with Gasteiger partial charge in [0.1, 0.15) is 0 Å². The van der Waals surface area contributed by atoms with Crippen LogP contribution in [0.5, 0.6) is 0 Å².